The van der Waals surface area contributed by atoms with Crippen molar-refractivity contribution in [3.63, 3.8) is 0 Å². The Labute approximate surface area is 201 Å². The first-order chi connectivity index (χ1) is 13.0. The Morgan fingerprint density at radius 1 is 1.29 bits per heavy atom. The van der Waals surface area contributed by atoms with Crippen LogP contribution in [0.5, 0.6) is 11.5 Å². The Bertz CT molecular complexity index is 1020. The molecule has 2 heterocycles. The third-order valence-corrected chi connectivity index (χ3v) is 3.78. The predicted molar refractivity (Wildman–Crippen MR) is 92.3 cm³/mol. The van der Waals surface area contributed by atoms with Crippen molar-refractivity contribution in [2.45, 2.75) is 6.23 Å². The van der Waals surface area contributed by atoms with Gasteiger partial charge in [-0.25, -0.2) is 19.4 Å². The maximum atomic E-state index is 13.0. The van der Waals surface area contributed by atoms with Crippen molar-refractivity contribution in [2.75, 3.05) is 0 Å². The zero-order valence-corrected chi connectivity index (χ0v) is 17.6. The van der Waals surface area contributed by atoms with Gasteiger partial charge in [-0.05, 0) is 36.4 Å². The SMILES string of the molecule is O=[N+]([O-])c1cc(C2=NC3=CN=CN(O)C3O2)ccc1Oc1ccc(F)cc1.[H-].[K+]. The van der Waals surface area contributed by atoms with Gasteiger partial charge in [0, 0.05) is 11.6 Å². The molecule has 0 spiro atoms. The summed E-state index contributed by atoms with van der Waals surface area (Å²) in [7, 11) is 0. The van der Waals surface area contributed by atoms with Crippen molar-refractivity contribution in [3.05, 3.63) is 75.9 Å². The van der Waals surface area contributed by atoms with E-state index in [0.717, 1.165) is 11.4 Å². The van der Waals surface area contributed by atoms with E-state index in [-0.39, 0.29) is 75.9 Å². The van der Waals surface area contributed by atoms with Gasteiger partial charge in [-0.15, -0.1) is 0 Å². The number of rotatable bonds is 4. The molecule has 138 valence electrons. The second kappa shape index (κ2) is 8.47. The molecule has 0 fully saturated rings. The number of fused-ring (bicyclic) bond motifs is 1. The van der Waals surface area contributed by atoms with Crippen molar-refractivity contribution < 1.29 is 76.8 Å². The van der Waals surface area contributed by atoms with E-state index in [9.17, 15) is 19.7 Å². The van der Waals surface area contributed by atoms with Crippen LogP contribution >= 0.6 is 0 Å². The fraction of sp³-hybridized carbons (Fsp3) is 0.0588. The summed E-state index contributed by atoms with van der Waals surface area (Å²) in [5.41, 5.74) is 0.380. The average Bonchev–Trinajstić information content (AvgIpc) is 3.09. The molecule has 28 heavy (non-hydrogen) atoms. The molecule has 0 saturated carbocycles. The van der Waals surface area contributed by atoms with E-state index in [0.29, 0.717) is 11.3 Å². The van der Waals surface area contributed by atoms with Gasteiger partial charge in [0.25, 0.3) is 0 Å². The van der Waals surface area contributed by atoms with E-state index in [1.807, 2.05) is 0 Å². The van der Waals surface area contributed by atoms with E-state index in [1.165, 1.54) is 48.7 Å². The molecule has 0 saturated heterocycles. The van der Waals surface area contributed by atoms with Crippen LogP contribution in [0.1, 0.15) is 6.99 Å². The third-order valence-electron chi connectivity index (χ3n) is 3.78. The molecule has 2 aromatic rings. The van der Waals surface area contributed by atoms with E-state index in [1.54, 1.807) is 0 Å². The van der Waals surface area contributed by atoms with Crippen molar-refractivity contribution >= 4 is 17.9 Å². The number of benzene rings is 2. The van der Waals surface area contributed by atoms with E-state index >= 15 is 0 Å². The monoisotopic (exact) mass is 410 g/mol. The van der Waals surface area contributed by atoms with Crippen LogP contribution in [-0.2, 0) is 4.74 Å². The van der Waals surface area contributed by atoms with Gasteiger partial charge < -0.3 is 10.9 Å². The smallest absolute Gasteiger partial charge is 1.00 e. The quantitative estimate of drug-likeness (QED) is 0.442. The molecule has 0 bridgehead atoms. The number of nitro groups is 1. The van der Waals surface area contributed by atoms with Crippen LogP contribution in [-0.4, -0.2) is 33.7 Å². The fourth-order valence-electron chi connectivity index (χ4n) is 2.53. The molecular formula is C17H12FKN4O5. The summed E-state index contributed by atoms with van der Waals surface area (Å²) in [5, 5.41) is 21.9. The minimum Gasteiger partial charge on any atom is -1.00 e. The number of hydrogen-bond donors (Lipinski definition) is 1. The summed E-state index contributed by atoms with van der Waals surface area (Å²) in [4.78, 5) is 18.8. The minimum atomic E-state index is -0.855. The van der Waals surface area contributed by atoms with Crippen molar-refractivity contribution in [2.24, 2.45) is 9.98 Å². The first-order valence-electron chi connectivity index (χ1n) is 7.69. The molecule has 1 N–H and O–H groups in total. The summed E-state index contributed by atoms with van der Waals surface area (Å²) >= 11 is 0. The summed E-state index contributed by atoms with van der Waals surface area (Å²) in [5.74, 6) is -0.0999. The molecule has 0 aliphatic carbocycles. The number of nitrogens with zero attached hydrogens (tertiary/aromatic N) is 4. The van der Waals surface area contributed by atoms with Crippen LogP contribution in [0.3, 0.4) is 0 Å². The first kappa shape index (κ1) is 20.6. The minimum absolute atomic E-state index is 0. The zero-order chi connectivity index (χ0) is 19.0. The van der Waals surface area contributed by atoms with Gasteiger partial charge in [0.1, 0.15) is 23.6 Å². The van der Waals surface area contributed by atoms with Crippen molar-refractivity contribution in [3.8, 4) is 11.5 Å². The number of nitro benzene ring substituents is 1. The van der Waals surface area contributed by atoms with Crippen LogP contribution in [0.2, 0.25) is 0 Å². The van der Waals surface area contributed by atoms with Gasteiger partial charge in [0.15, 0.2) is 0 Å². The van der Waals surface area contributed by atoms with Gasteiger partial charge in [-0.1, -0.05) is 0 Å². The van der Waals surface area contributed by atoms with Gasteiger partial charge >= 0.3 is 57.1 Å². The van der Waals surface area contributed by atoms with E-state index in [2.05, 4.69) is 9.98 Å². The fourth-order valence-corrected chi connectivity index (χ4v) is 2.53. The van der Waals surface area contributed by atoms with Crippen LogP contribution in [0, 0.1) is 15.9 Å². The molecule has 0 aromatic heterocycles. The second-order valence-electron chi connectivity index (χ2n) is 5.58. The summed E-state index contributed by atoms with van der Waals surface area (Å²) < 4.78 is 24.0. The Balaban J connectivity index is 0.00000150. The number of halogens is 1. The Hall–Kier alpha value is -2.15. The summed E-state index contributed by atoms with van der Waals surface area (Å²) in [6, 6.07) is 9.29. The van der Waals surface area contributed by atoms with E-state index in [4.69, 9.17) is 9.47 Å². The molecule has 2 aliphatic heterocycles. The molecule has 1 unspecified atom stereocenters. The molecule has 0 radical (unpaired) electrons. The topological polar surface area (TPSA) is 110 Å². The first-order valence-corrected chi connectivity index (χ1v) is 7.69. The Morgan fingerprint density at radius 2 is 2.04 bits per heavy atom. The van der Waals surface area contributed by atoms with Gasteiger partial charge in [-0.3, -0.25) is 15.3 Å². The Morgan fingerprint density at radius 3 is 2.71 bits per heavy atom. The summed E-state index contributed by atoms with van der Waals surface area (Å²) in [6.07, 6.45) is 1.73. The van der Waals surface area contributed by atoms with Gasteiger partial charge in [-0.2, -0.15) is 0 Å². The van der Waals surface area contributed by atoms with Crippen LogP contribution in [0.4, 0.5) is 10.1 Å². The van der Waals surface area contributed by atoms with Crippen LogP contribution < -0.4 is 56.1 Å². The molecule has 2 aliphatic rings. The summed E-state index contributed by atoms with van der Waals surface area (Å²) in [6.45, 7) is 0. The molecule has 1 atom stereocenters. The van der Waals surface area contributed by atoms with Crippen molar-refractivity contribution in [1.29, 1.82) is 0 Å². The van der Waals surface area contributed by atoms with Crippen LogP contribution in [0.15, 0.2) is 64.3 Å². The maximum absolute atomic E-state index is 13.0. The largest absolute Gasteiger partial charge is 1.00 e. The predicted octanol–water partition coefficient (Wildman–Crippen LogP) is 0.320. The molecule has 0 amide bonds. The normalized spacial score (nSPS) is 17.1. The number of aliphatic imine (C=N–C) groups is 2. The number of hydroxylamine groups is 2. The van der Waals surface area contributed by atoms with Gasteiger partial charge in [0.05, 0.1) is 11.1 Å². The third kappa shape index (κ3) is 4.14. The molecule has 4 rings (SSSR count). The Kier molecular flexibility index (Phi) is 6.22. The maximum Gasteiger partial charge on any atom is 1.00 e. The number of hydrogen-bond acceptors (Lipinski definition) is 8. The molecular weight excluding hydrogens is 398 g/mol. The van der Waals surface area contributed by atoms with Crippen molar-refractivity contribution in [1.82, 2.24) is 5.06 Å². The standard InChI is InChI=1S/C17H11FN4O5.K.H/c18-11-2-4-12(5-3-11)26-15-6-1-10(7-14(15)22(24)25)16-20-13-8-19-9-21(23)17(13)27-16;;/h1-9,17,23H;;/q;+1;-1. The van der Waals surface area contributed by atoms with E-state index < -0.39 is 17.0 Å². The number of ether oxygens (including phenoxy) is 2. The molecule has 11 heteroatoms. The average molecular weight is 410 g/mol. The molecule has 9 nitrogen and oxygen atoms in total. The van der Waals surface area contributed by atoms with Gasteiger partial charge in [0.2, 0.25) is 17.9 Å². The second-order valence-corrected chi connectivity index (χ2v) is 5.58. The molecule has 2 aromatic carbocycles. The zero-order valence-electron chi connectivity index (χ0n) is 15.5. The van der Waals surface area contributed by atoms with Crippen LogP contribution in [0.25, 0.3) is 0 Å².